The van der Waals surface area contributed by atoms with Gasteiger partial charge < -0.3 is 24.1 Å². The van der Waals surface area contributed by atoms with Crippen LogP contribution in [0.1, 0.15) is 10.4 Å². The summed E-state index contributed by atoms with van der Waals surface area (Å²) in [7, 11) is 4.49. The second-order valence-electron chi connectivity index (χ2n) is 7.26. The van der Waals surface area contributed by atoms with Crippen LogP contribution in [-0.4, -0.2) is 42.3 Å². The number of hydrogen-bond donors (Lipinski definition) is 1. The maximum atomic E-state index is 12.9. The van der Waals surface area contributed by atoms with Crippen LogP contribution in [0.4, 0.5) is 11.4 Å². The highest BCUT2D eigenvalue weighted by molar-refractivity contribution is 6.34. The number of carbonyl (C=O) groups is 1. The summed E-state index contributed by atoms with van der Waals surface area (Å²) in [5, 5.41) is 17.9. The normalized spacial score (nSPS) is 10.6. The zero-order chi connectivity index (χ0) is 25.8. The van der Waals surface area contributed by atoms with Crippen molar-refractivity contribution in [1.29, 1.82) is 0 Å². The molecule has 4 rings (SSSR count). The molecule has 0 fully saturated rings. The average molecular weight is 511 g/mol. The predicted octanol–water partition coefficient (Wildman–Crippen LogP) is 5.24. The van der Waals surface area contributed by atoms with E-state index in [4.69, 9.17) is 30.3 Å². The van der Waals surface area contributed by atoms with Crippen molar-refractivity contribution in [2.75, 3.05) is 26.6 Å². The third-order valence-corrected chi connectivity index (χ3v) is 5.49. The number of nitrogens with zero attached hydrogens (tertiary/aromatic N) is 3. The maximum Gasteiger partial charge on any atom is 0.270 e. The first-order valence-electron chi connectivity index (χ1n) is 10.3. The number of aromatic nitrogens is 2. The van der Waals surface area contributed by atoms with E-state index < -0.39 is 10.8 Å². The first-order chi connectivity index (χ1) is 17.4. The third kappa shape index (κ3) is 4.77. The van der Waals surface area contributed by atoms with Gasteiger partial charge in [0.2, 0.25) is 11.6 Å². The van der Waals surface area contributed by atoms with E-state index in [1.807, 2.05) is 0 Å². The summed E-state index contributed by atoms with van der Waals surface area (Å²) >= 11 is 6.11. The Balaban J connectivity index is 1.68. The molecular formula is C24H19ClN4O7. The molecule has 0 bridgehead atoms. The van der Waals surface area contributed by atoms with Crippen LogP contribution >= 0.6 is 11.6 Å². The Hall–Kier alpha value is -4.64. The lowest BCUT2D eigenvalue weighted by molar-refractivity contribution is -0.384. The molecule has 1 heterocycles. The molecule has 0 unspecified atom stereocenters. The Morgan fingerprint density at radius 2 is 1.72 bits per heavy atom. The van der Waals surface area contributed by atoms with Gasteiger partial charge in [-0.3, -0.25) is 14.9 Å². The number of halogens is 1. The molecule has 0 atom stereocenters. The van der Waals surface area contributed by atoms with Gasteiger partial charge in [0.05, 0.1) is 48.1 Å². The molecule has 3 aromatic carbocycles. The number of nitro groups is 1. The topological polar surface area (TPSA) is 139 Å². The number of carbonyl (C=O) groups excluding carboxylic acids is 1. The zero-order valence-corrected chi connectivity index (χ0v) is 20.0. The molecule has 1 aromatic heterocycles. The van der Waals surface area contributed by atoms with Crippen LogP contribution < -0.4 is 19.5 Å². The monoisotopic (exact) mass is 510 g/mol. The predicted molar refractivity (Wildman–Crippen MR) is 131 cm³/mol. The molecule has 0 aliphatic rings. The minimum Gasteiger partial charge on any atom is -0.493 e. The Labute approximate surface area is 209 Å². The Morgan fingerprint density at radius 1 is 1.03 bits per heavy atom. The first-order valence-corrected chi connectivity index (χ1v) is 10.7. The fourth-order valence-electron chi connectivity index (χ4n) is 3.43. The van der Waals surface area contributed by atoms with Crippen LogP contribution in [0.3, 0.4) is 0 Å². The first kappa shape index (κ1) is 24.5. The van der Waals surface area contributed by atoms with E-state index in [9.17, 15) is 14.9 Å². The van der Waals surface area contributed by atoms with Gasteiger partial charge in [-0.05, 0) is 30.3 Å². The summed E-state index contributed by atoms with van der Waals surface area (Å²) in [6.45, 7) is 0. The van der Waals surface area contributed by atoms with Gasteiger partial charge in [-0.1, -0.05) is 28.9 Å². The summed E-state index contributed by atoms with van der Waals surface area (Å²) < 4.78 is 21.6. The quantitative estimate of drug-likeness (QED) is 0.249. The lowest BCUT2D eigenvalue weighted by atomic mass is 10.1. The lowest BCUT2D eigenvalue weighted by Gasteiger charge is -2.12. The Kier molecular flexibility index (Phi) is 7.02. The number of nitrogens with one attached hydrogen (secondary N) is 1. The van der Waals surface area contributed by atoms with Crippen molar-refractivity contribution in [3.05, 3.63) is 75.3 Å². The van der Waals surface area contributed by atoms with Crippen LogP contribution in [-0.2, 0) is 0 Å². The SMILES string of the molecule is COc1cc(-c2noc(-c3ccccc3NC(=O)c3cc([N+](=O)[O-])ccc3Cl)n2)cc(OC)c1OC. The number of anilines is 1. The number of methoxy groups -OCH3 is 3. The summed E-state index contributed by atoms with van der Waals surface area (Å²) in [5.74, 6) is 0.979. The van der Waals surface area contributed by atoms with Gasteiger partial charge in [-0.25, -0.2) is 0 Å². The number of ether oxygens (including phenoxy) is 3. The number of benzene rings is 3. The van der Waals surface area contributed by atoms with Crippen LogP contribution in [0, 0.1) is 10.1 Å². The van der Waals surface area contributed by atoms with Gasteiger partial charge >= 0.3 is 0 Å². The van der Waals surface area contributed by atoms with Crippen molar-refractivity contribution in [1.82, 2.24) is 10.1 Å². The number of rotatable bonds is 8. The van der Waals surface area contributed by atoms with Crippen molar-refractivity contribution >= 4 is 28.9 Å². The maximum absolute atomic E-state index is 12.9. The molecule has 0 aliphatic carbocycles. The smallest absolute Gasteiger partial charge is 0.270 e. The fraction of sp³-hybridized carbons (Fsp3) is 0.125. The van der Waals surface area contributed by atoms with Gasteiger partial charge in [0.25, 0.3) is 17.5 Å². The van der Waals surface area contributed by atoms with Gasteiger partial charge in [-0.2, -0.15) is 4.98 Å². The van der Waals surface area contributed by atoms with Crippen molar-refractivity contribution in [2.45, 2.75) is 0 Å². The van der Waals surface area contributed by atoms with Crippen molar-refractivity contribution < 1.29 is 28.5 Å². The Morgan fingerprint density at radius 3 is 2.36 bits per heavy atom. The van der Waals surface area contributed by atoms with Gasteiger partial charge in [0.15, 0.2) is 11.5 Å². The molecule has 184 valence electrons. The molecule has 0 saturated heterocycles. The summed E-state index contributed by atoms with van der Waals surface area (Å²) in [6.07, 6.45) is 0. The fourth-order valence-corrected chi connectivity index (χ4v) is 3.63. The lowest BCUT2D eigenvalue weighted by Crippen LogP contribution is -2.13. The Bertz CT molecular complexity index is 1430. The molecule has 1 N–H and O–H groups in total. The van der Waals surface area contributed by atoms with E-state index in [0.717, 1.165) is 6.07 Å². The zero-order valence-electron chi connectivity index (χ0n) is 19.3. The summed E-state index contributed by atoms with van der Waals surface area (Å²) in [4.78, 5) is 27.8. The number of hydrogen-bond acceptors (Lipinski definition) is 9. The van der Waals surface area contributed by atoms with E-state index in [0.29, 0.717) is 34.1 Å². The van der Waals surface area contributed by atoms with E-state index in [1.165, 1.54) is 33.5 Å². The molecule has 1 amide bonds. The van der Waals surface area contributed by atoms with Crippen LogP contribution in [0.2, 0.25) is 5.02 Å². The molecule has 4 aromatic rings. The summed E-state index contributed by atoms with van der Waals surface area (Å²) in [6, 6.07) is 13.7. The highest BCUT2D eigenvalue weighted by atomic mass is 35.5. The molecule has 0 saturated carbocycles. The average Bonchev–Trinajstić information content (AvgIpc) is 3.38. The van der Waals surface area contributed by atoms with Gasteiger partial charge in [0.1, 0.15) is 0 Å². The molecule has 36 heavy (non-hydrogen) atoms. The van der Waals surface area contributed by atoms with Crippen molar-refractivity contribution in [3.8, 4) is 40.1 Å². The number of nitro benzene ring substituents is 1. The van der Waals surface area contributed by atoms with Crippen LogP contribution in [0.5, 0.6) is 17.2 Å². The van der Waals surface area contributed by atoms with Crippen molar-refractivity contribution in [2.24, 2.45) is 0 Å². The van der Waals surface area contributed by atoms with E-state index in [2.05, 4.69) is 15.5 Å². The number of para-hydroxylation sites is 1. The third-order valence-electron chi connectivity index (χ3n) is 5.16. The second kappa shape index (κ2) is 10.3. The van der Waals surface area contributed by atoms with Crippen LogP contribution in [0.15, 0.2) is 59.1 Å². The molecular weight excluding hydrogens is 492 g/mol. The highest BCUT2D eigenvalue weighted by Gasteiger charge is 2.21. The van der Waals surface area contributed by atoms with E-state index in [-0.39, 0.29) is 28.0 Å². The minimum absolute atomic E-state index is 0.0516. The van der Waals surface area contributed by atoms with Gasteiger partial charge in [0, 0.05) is 17.7 Å². The highest BCUT2D eigenvalue weighted by Crippen LogP contribution is 2.41. The summed E-state index contributed by atoms with van der Waals surface area (Å²) in [5.41, 5.74) is 1.00. The van der Waals surface area contributed by atoms with Gasteiger partial charge in [-0.15, -0.1) is 0 Å². The number of amides is 1. The standard InChI is InChI=1S/C24H19ClN4O7/c1-33-19-10-13(11-20(34-2)21(19)35-3)22-27-24(36-28-22)15-6-4-5-7-18(15)26-23(30)16-12-14(29(31)32)8-9-17(16)25/h4-12H,1-3H3,(H,26,30). The van der Waals surface area contributed by atoms with Crippen LogP contribution in [0.25, 0.3) is 22.8 Å². The molecule has 0 aliphatic heterocycles. The number of non-ortho nitro benzene ring substituents is 1. The molecule has 0 spiro atoms. The largest absolute Gasteiger partial charge is 0.493 e. The van der Waals surface area contributed by atoms with E-state index >= 15 is 0 Å². The molecule has 0 radical (unpaired) electrons. The van der Waals surface area contributed by atoms with E-state index in [1.54, 1.807) is 36.4 Å². The molecule has 11 nitrogen and oxygen atoms in total. The van der Waals surface area contributed by atoms with Crippen molar-refractivity contribution in [3.63, 3.8) is 0 Å². The second-order valence-corrected chi connectivity index (χ2v) is 7.67. The minimum atomic E-state index is -0.638. The molecule has 12 heteroatoms.